The van der Waals surface area contributed by atoms with E-state index < -0.39 is 0 Å². The second kappa shape index (κ2) is 7.42. The molecule has 1 rings (SSSR count). The van der Waals surface area contributed by atoms with E-state index in [1.165, 1.54) is 22.3 Å². The third-order valence-electron chi connectivity index (χ3n) is 4.20. The van der Waals surface area contributed by atoms with Gasteiger partial charge in [-0.05, 0) is 63.3 Å². The molecule has 0 fully saturated rings. The molecule has 0 bridgehead atoms. The quantitative estimate of drug-likeness (QED) is 0.848. The van der Waals surface area contributed by atoms with E-state index in [9.17, 15) is 0 Å². The van der Waals surface area contributed by atoms with Crippen LogP contribution in [0.1, 0.15) is 49.9 Å². The third-order valence-corrected chi connectivity index (χ3v) is 4.20. The molecule has 0 aromatic heterocycles. The molecule has 0 aliphatic heterocycles. The SMILES string of the molecule is CCOC(C(Cc1c(C)cc(C)cc1C)NC)C(C)(C)C. The van der Waals surface area contributed by atoms with Crippen LogP contribution in [0.5, 0.6) is 0 Å². The molecule has 0 saturated carbocycles. The Kier molecular flexibility index (Phi) is 6.42. The van der Waals surface area contributed by atoms with Crippen LogP contribution < -0.4 is 5.32 Å². The van der Waals surface area contributed by atoms with Gasteiger partial charge in [0, 0.05) is 12.6 Å². The van der Waals surface area contributed by atoms with Gasteiger partial charge in [0.15, 0.2) is 0 Å². The van der Waals surface area contributed by atoms with Crippen LogP contribution in [0.15, 0.2) is 12.1 Å². The monoisotopic (exact) mass is 291 g/mol. The van der Waals surface area contributed by atoms with Crippen molar-refractivity contribution < 1.29 is 4.74 Å². The zero-order valence-corrected chi connectivity index (χ0v) is 15.1. The summed E-state index contributed by atoms with van der Waals surface area (Å²) in [6.07, 6.45) is 1.21. The van der Waals surface area contributed by atoms with Crippen molar-refractivity contribution >= 4 is 0 Å². The van der Waals surface area contributed by atoms with E-state index in [1.54, 1.807) is 0 Å². The number of likely N-dealkylation sites (N-methyl/N-ethyl adjacent to an activating group) is 1. The molecule has 21 heavy (non-hydrogen) atoms. The van der Waals surface area contributed by atoms with Crippen molar-refractivity contribution in [2.75, 3.05) is 13.7 Å². The molecular weight excluding hydrogens is 258 g/mol. The van der Waals surface area contributed by atoms with Gasteiger partial charge >= 0.3 is 0 Å². The van der Waals surface area contributed by atoms with Crippen LogP contribution in [0.2, 0.25) is 0 Å². The average molecular weight is 291 g/mol. The number of rotatable bonds is 6. The summed E-state index contributed by atoms with van der Waals surface area (Å²) in [6.45, 7) is 16.2. The summed E-state index contributed by atoms with van der Waals surface area (Å²) >= 11 is 0. The van der Waals surface area contributed by atoms with E-state index >= 15 is 0 Å². The van der Waals surface area contributed by atoms with Gasteiger partial charge in [-0.2, -0.15) is 0 Å². The largest absolute Gasteiger partial charge is 0.376 e. The van der Waals surface area contributed by atoms with Crippen molar-refractivity contribution in [3.05, 3.63) is 34.4 Å². The van der Waals surface area contributed by atoms with Crippen molar-refractivity contribution in [3.8, 4) is 0 Å². The van der Waals surface area contributed by atoms with E-state index in [0.717, 1.165) is 13.0 Å². The summed E-state index contributed by atoms with van der Waals surface area (Å²) < 4.78 is 6.07. The Morgan fingerprint density at radius 2 is 1.62 bits per heavy atom. The van der Waals surface area contributed by atoms with Gasteiger partial charge in [0.2, 0.25) is 0 Å². The molecule has 1 aromatic rings. The number of hydrogen-bond acceptors (Lipinski definition) is 2. The summed E-state index contributed by atoms with van der Waals surface area (Å²) in [4.78, 5) is 0. The van der Waals surface area contributed by atoms with Crippen molar-refractivity contribution in [3.63, 3.8) is 0 Å². The minimum absolute atomic E-state index is 0.121. The second-order valence-electron chi connectivity index (χ2n) is 7.22. The standard InChI is InChI=1S/C19H33NO/c1-9-21-18(19(5,6)7)17(20-8)12-16-14(3)10-13(2)11-15(16)4/h10-11,17-18,20H,9,12H2,1-8H3. The molecule has 0 radical (unpaired) electrons. The van der Waals surface area contributed by atoms with Crippen LogP contribution in [-0.2, 0) is 11.2 Å². The Morgan fingerprint density at radius 1 is 1.10 bits per heavy atom. The highest BCUT2D eigenvalue weighted by Gasteiger charge is 2.32. The summed E-state index contributed by atoms with van der Waals surface area (Å²) in [5.74, 6) is 0. The number of ether oxygens (including phenoxy) is 1. The van der Waals surface area contributed by atoms with E-state index in [0.29, 0.717) is 6.04 Å². The Balaban J connectivity index is 3.06. The smallest absolute Gasteiger partial charge is 0.0779 e. The van der Waals surface area contributed by atoms with Gasteiger partial charge in [-0.1, -0.05) is 38.5 Å². The van der Waals surface area contributed by atoms with Gasteiger partial charge in [-0.3, -0.25) is 0 Å². The fourth-order valence-electron chi connectivity index (χ4n) is 3.26. The first-order valence-corrected chi connectivity index (χ1v) is 8.06. The number of aryl methyl sites for hydroxylation is 3. The van der Waals surface area contributed by atoms with Crippen LogP contribution in [0.25, 0.3) is 0 Å². The zero-order chi connectivity index (χ0) is 16.2. The maximum absolute atomic E-state index is 6.07. The molecule has 120 valence electrons. The molecule has 2 atom stereocenters. The van der Waals surface area contributed by atoms with E-state index in [1.807, 2.05) is 7.05 Å². The summed E-state index contributed by atoms with van der Waals surface area (Å²) in [5, 5.41) is 3.49. The number of benzene rings is 1. The molecule has 0 amide bonds. The topological polar surface area (TPSA) is 21.3 Å². The van der Waals surface area contributed by atoms with Crippen LogP contribution in [0.3, 0.4) is 0 Å². The molecule has 0 spiro atoms. The first kappa shape index (κ1) is 18.2. The van der Waals surface area contributed by atoms with Gasteiger partial charge in [-0.25, -0.2) is 0 Å². The highest BCUT2D eigenvalue weighted by molar-refractivity contribution is 5.38. The molecule has 0 aliphatic carbocycles. The Hall–Kier alpha value is -0.860. The van der Waals surface area contributed by atoms with Crippen molar-refractivity contribution in [2.24, 2.45) is 5.41 Å². The van der Waals surface area contributed by atoms with E-state index in [-0.39, 0.29) is 11.5 Å². The molecule has 1 aromatic carbocycles. The van der Waals surface area contributed by atoms with Gasteiger partial charge in [0.25, 0.3) is 0 Å². The lowest BCUT2D eigenvalue weighted by molar-refractivity contribution is -0.0341. The Labute approximate surface area is 131 Å². The lowest BCUT2D eigenvalue weighted by atomic mass is 9.81. The van der Waals surface area contributed by atoms with Gasteiger partial charge in [0.1, 0.15) is 0 Å². The maximum atomic E-state index is 6.07. The first-order valence-electron chi connectivity index (χ1n) is 8.06. The fraction of sp³-hybridized carbons (Fsp3) is 0.684. The normalized spacial score (nSPS) is 15.0. The first-order chi connectivity index (χ1) is 9.70. The average Bonchev–Trinajstić information content (AvgIpc) is 2.35. The predicted octanol–water partition coefficient (Wildman–Crippen LogP) is 4.19. The summed E-state index contributed by atoms with van der Waals surface area (Å²) in [7, 11) is 2.04. The molecular formula is C19H33NO. The summed E-state index contributed by atoms with van der Waals surface area (Å²) in [5.41, 5.74) is 5.69. The fourth-order valence-corrected chi connectivity index (χ4v) is 3.26. The van der Waals surface area contributed by atoms with Crippen molar-refractivity contribution in [1.82, 2.24) is 5.32 Å². The van der Waals surface area contributed by atoms with Crippen LogP contribution in [0.4, 0.5) is 0 Å². The van der Waals surface area contributed by atoms with Gasteiger partial charge in [-0.15, -0.1) is 0 Å². The molecule has 2 nitrogen and oxygen atoms in total. The van der Waals surface area contributed by atoms with Crippen molar-refractivity contribution in [1.29, 1.82) is 0 Å². The molecule has 2 heteroatoms. The lowest BCUT2D eigenvalue weighted by Crippen LogP contribution is -2.48. The second-order valence-corrected chi connectivity index (χ2v) is 7.22. The zero-order valence-electron chi connectivity index (χ0n) is 15.1. The molecule has 1 N–H and O–H groups in total. The predicted molar refractivity (Wildman–Crippen MR) is 92.1 cm³/mol. The van der Waals surface area contributed by atoms with Crippen LogP contribution >= 0.6 is 0 Å². The molecule has 0 heterocycles. The molecule has 2 unspecified atom stereocenters. The van der Waals surface area contributed by atoms with Crippen LogP contribution in [0, 0.1) is 26.2 Å². The van der Waals surface area contributed by atoms with E-state index in [4.69, 9.17) is 4.74 Å². The minimum atomic E-state index is 0.121. The van der Waals surface area contributed by atoms with Crippen LogP contribution in [-0.4, -0.2) is 25.8 Å². The molecule has 0 saturated heterocycles. The molecule has 0 aliphatic rings. The third kappa shape index (κ3) is 4.82. The highest BCUT2D eigenvalue weighted by atomic mass is 16.5. The number of hydrogen-bond donors (Lipinski definition) is 1. The highest BCUT2D eigenvalue weighted by Crippen LogP contribution is 2.28. The van der Waals surface area contributed by atoms with Gasteiger partial charge in [0.05, 0.1) is 6.10 Å². The maximum Gasteiger partial charge on any atom is 0.0779 e. The Morgan fingerprint density at radius 3 is 2.00 bits per heavy atom. The number of nitrogens with one attached hydrogen (secondary N) is 1. The van der Waals surface area contributed by atoms with Crippen molar-refractivity contribution in [2.45, 2.75) is 67.0 Å². The lowest BCUT2D eigenvalue weighted by Gasteiger charge is -2.37. The van der Waals surface area contributed by atoms with Gasteiger partial charge < -0.3 is 10.1 Å². The summed E-state index contributed by atoms with van der Waals surface area (Å²) in [6, 6.07) is 4.88. The van der Waals surface area contributed by atoms with E-state index in [2.05, 4.69) is 65.9 Å². The Bertz CT molecular complexity index is 436. The minimum Gasteiger partial charge on any atom is -0.376 e.